The molecule has 5 nitrogen and oxygen atoms in total. The normalized spacial score (nSPS) is 19.4. The third-order valence-corrected chi connectivity index (χ3v) is 14.0. The van der Waals surface area contributed by atoms with Gasteiger partial charge in [0.25, 0.3) is 0 Å². The van der Waals surface area contributed by atoms with E-state index in [1.165, 1.54) is 61.1 Å². The second-order valence-electron chi connectivity index (χ2n) is 18.4. The SMILES string of the molecule is Cc1cc(C)c(N2C(c3[c-]c(Oc4[c-]c5c(cc4C)c4cc(C)cc6c4n5-c4ncccc4C6(C)C)cc(-c4ccccc4)c3)=N[C@]3(C)c4ccccc4C[C@]23C)c(C)c1.[Pt+2]. The Bertz CT molecular complexity index is 3150. The van der Waals surface area contributed by atoms with Crippen molar-refractivity contribution < 1.29 is 25.8 Å². The second kappa shape index (κ2) is 13.6. The van der Waals surface area contributed by atoms with Crippen molar-refractivity contribution in [3.8, 4) is 28.4 Å². The van der Waals surface area contributed by atoms with E-state index in [9.17, 15) is 0 Å². The molecule has 61 heavy (non-hydrogen) atoms. The van der Waals surface area contributed by atoms with Crippen LogP contribution in [0.25, 0.3) is 38.8 Å². The first-order chi connectivity index (χ1) is 28.8. The van der Waals surface area contributed by atoms with Gasteiger partial charge in [-0.05, 0) is 92.8 Å². The summed E-state index contributed by atoms with van der Waals surface area (Å²) in [6.45, 7) is 20.3. The van der Waals surface area contributed by atoms with Gasteiger partial charge in [-0.1, -0.05) is 140 Å². The molecular weight excluding hydrogens is 928 g/mol. The fourth-order valence-corrected chi connectivity index (χ4v) is 11.0. The van der Waals surface area contributed by atoms with Gasteiger partial charge < -0.3 is 19.2 Å². The zero-order valence-electron chi connectivity index (χ0n) is 36.2. The molecule has 2 atom stereocenters. The molecule has 0 amide bonds. The van der Waals surface area contributed by atoms with E-state index >= 15 is 0 Å². The number of nitrogens with zero attached hydrogens (tertiary/aromatic N) is 4. The van der Waals surface area contributed by atoms with Gasteiger partial charge in [0.2, 0.25) is 0 Å². The number of hydrogen-bond donors (Lipinski definition) is 0. The Hall–Kier alpha value is -5.77. The zero-order valence-corrected chi connectivity index (χ0v) is 38.5. The molecule has 0 radical (unpaired) electrons. The van der Waals surface area contributed by atoms with Gasteiger partial charge >= 0.3 is 21.1 Å². The van der Waals surface area contributed by atoms with E-state index < -0.39 is 5.54 Å². The van der Waals surface area contributed by atoms with Crippen molar-refractivity contribution in [2.24, 2.45) is 4.99 Å². The number of aliphatic imine (C=N–C) groups is 1. The van der Waals surface area contributed by atoms with Gasteiger partial charge in [0.1, 0.15) is 5.82 Å². The largest absolute Gasteiger partial charge is 2.00 e. The smallest absolute Gasteiger partial charge is 0.503 e. The molecular formula is C55H48N4OPt. The number of hydrogen-bond acceptors (Lipinski definition) is 4. The van der Waals surface area contributed by atoms with Crippen LogP contribution >= 0.6 is 0 Å². The molecule has 0 saturated heterocycles. The molecule has 0 unspecified atom stereocenters. The Morgan fingerprint density at radius 1 is 0.656 bits per heavy atom. The number of anilines is 1. The van der Waals surface area contributed by atoms with Crippen LogP contribution in [-0.4, -0.2) is 20.9 Å². The molecule has 11 rings (SSSR count). The van der Waals surface area contributed by atoms with Crippen molar-refractivity contribution in [2.45, 2.75) is 85.2 Å². The Labute approximate surface area is 373 Å². The number of pyridine rings is 1. The summed E-state index contributed by atoms with van der Waals surface area (Å²) < 4.78 is 9.37. The van der Waals surface area contributed by atoms with Crippen molar-refractivity contribution in [2.75, 3.05) is 4.90 Å². The molecule has 2 aromatic heterocycles. The van der Waals surface area contributed by atoms with Crippen molar-refractivity contribution >= 4 is 33.3 Å². The van der Waals surface area contributed by atoms with Gasteiger partial charge in [-0.25, -0.2) is 4.98 Å². The summed E-state index contributed by atoms with van der Waals surface area (Å²) in [5, 5.41) is 2.36. The molecule has 1 aliphatic carbocycles. The number of aryl methyl sites for hydroxylation is 5. The number of ether oxygens (including phenoxy) is 1. The molecule has 0 spiro atoms. The molecule has 0 fully saturated rings. The monoisotopic (exact) mass is 975 g/mol. The minimum absolute atomic E-state index is 0. The summed E-state index contributed by atoms with van der Waals surface area (Å²) in [6.07, 6.45) is 2.77. The number of amidine groups is 1. The molecule has 0 bridgehead atoms. The average molecular weight is 976 g/mol. The third-order valence-electron chi connectivity index (χ3n) is 14.0. The molecule has 8 aromatic rings. The number of rotatable bonds is 5. The van der Waals surface area contributed by atoms with Crippen molar-refractivity contribution in [3.05, 3.63) is 183 Å². The molecule has 4 heterocycles. The first-order valence-corrected chi connectivity index (χ1v) is 21.1. The van der Waals surface area contributed by atoms with Crippen molar-refractivity contribution in [1.82, 2.24) is 9.55 Å². The van der Waals surface area contributed by atoms with Gasteiger partial charge in [0.15, 0.2) is 0 Å². The second-order valence-corrected chi connectivity index (χ2v) is 18.4. The Kier molecular flexibility index (Phi) is 8.79. The number of fused-ring (bicyclic) bond motifs is 8. The minimum atomic E-state index is -0.496. The van der Waals surface area contributed by atoms with E-state index in [-0.39, 0.29) is 32.0 Å². The van der Waals surface area contributed by atoms with Crippen LogP contribution in [0.5, 0.6) is 11.5 Å². The fraction of sp³-hybridized carbons (Fsp3) is 0.236. The minimum Gasteiger partial charge on any atom is -0.503 e. The molecule has 2 aliphatic heterocycles. The van der Waals surface area contributed by atoms with Gasteiger partial charge in [-0.3, -0.25) is 0 Å². The van der Waals surface area contributed by atoms with E-state index in [0.29, 0.717) is 11.5 Å². The third kappa shape index (κ3) is 5.55. The van der Waals surface area contributed by atoms with E-state index in [1.54, 1.807) is 0 Å². The van der Waals surface area contributed by atoms with Crippen LogP contribution in [-0.2, 0) is 38.4 Å². The Balaban J connectivity index is 0.00000445. The van der Waals surface area contributed by atoms with Gasteiger partial charge in [-0.2, -0.15) is 6.07 Å². The molecule has 6 aromatic carbocycles. The zero-order chi connectivity index (χ0) is 41.5. The van der Waals surface area contributed by atoms with Crippen LogP contribution in [0, 0.1) is 46.8 Å². The topological polar surface area (TPSA) is 42.6 Å². The predicted octanol–water partition coefficient (Wildman–Crippen LogP) is 12.9. The van der Waals surface area contributed by atoms with E-state index in [2.05, 4.69) is 187 Å². The van der Waals surface area contributed by atoms with Crippen LogP contribution in [0.2, 0.25) is 0 Å². The predicted molar refractivity (Wildman–Crippen MR) is 245 cm³/mol. The molecule has 0 saturated carbocycles. The van der Waals surface area contributed by atoms with E-state index in [0.717, 1.165) is 51.2 Å². The standard InChI is InChI=1S/C55H48N4O.Pt/c1-32-22-35(4)49(36(5)23-32)59-51(57-55(9)44-19-14-13-18-38(44)31-54(55,59)8)40-27-39(37-16-11-10-12-17-37)28-41(29-40)60-48-30-47-42(26-34(48)3)43-24-33(2)25-46-50(43)58(47)52-45(53(46,6)7)20-15-21-56-52;/h10-28H,31H2,1-9H3;/q-2;+2/t54-,55+;/m0./s1. The molecule has 0 N–H and O–H groups in total. The maximum Gasteiger partial charge on any atom is 2.00 e. The summed E-state index contributed by atoms with van der Waals surface area (Å²) in [5.41, 5.74) is 16.4. The van der Waals surface area contributed by atoms with Crippen molar-refractivity contribution in [3.63, 3.8) is 0 Å². The summed E-state index contributed by atoms with van der Waals surface area (Å²) in [4.78, 5) is 13.3. The van der Waals surface area contributed by atoms with Gasteiger partial charge in [0, 0.05) is 39.9 Å². The van der Waals surface area contributed by atoms with Crippen LogP contribution < -0.4 is 9.64 Å². The Morgan fingerprint density at radius 2 is 1.36 bits per heavy atom. The Morgan fingerprint density at radius 3 is 2.13 bits per heavy atom. The fourth-order valence-electron chi connectivity index (χ4n) is 11.0. The maximum atomic E-state index is 7.06. The van der Waals surface area contributed by atoms with Crippen LogP contribution in [0.1, 0.15) is 83.3 Å². The number of aromatic nitrogens is 2. The van der Waals surface area contributed by atoms with Crippen molar-refractivity contribution in [1.29, 1.82) is 0 Å². The van der Waals surface area contributed by atoms with Crippen LogP contribution in [0.4, 0.5) is 5.69 Å². The summed E-state index contributed by atoms with van der Waals surface area (Å²) in [5.74, 6) is 3.12. The molecule has 304 valence electrons. The molecule has 3 aliphatic rings. The average Bonchev–Trinajstić information content (AvgIpc) is 3.74. The quantitative estimate of drug-likeness (QED) is 0.161. The summed E-state index contributed by atoms with van der Waals surface area (Å²) >= 11 is 0. The molecule has 6 heteroatoms. The van der Waals surface area contributed by atoms with Gasteiger partial charge in [0.05, 0.1) is 16.9 Å². The van der Waals surface area contributed by atoms with Crippen LogP contribution in [0.3, 0.4) is 0 Å². The van der Waals surface area contributed by atoms with Crippen LogP contribution in [0.15, 0.2) is 120 Å². The van der Waals surface area contributed by atoms with E-state index in [4.69, 9.17) is 14.7 Å². The summed E-state index contributed by atoms with van der Waals surface area (Å²) in [6, 6.07) is 47.1. The first-order valence-electron chi connectivity index (χ1n) is 21.1. The van der Waals surface area contributed by atoms with Gasteiger partial charge in [-0.15, -0.1) is 28.6 Å². The first kappa shape index (κ1) is 39.4. The van der Waals surface area contributed by atoms with E-state index in [1.807, 2.05) is 12.3 Å². The summed E-state index contributed by atoms with van der Waals surface area (Å²) in [7, 11) is 0. The number of benzene rings is 6. The maximum absolute atomic E-state index is 7.06.